The van der Waals surface area contributed by atoms with E-state index < -0.39 is 0 Å². The smallest absolute Gasteiger partial charge is 0.274 e. The molecule has 3 heterocycles. The van der Waals surface area contributed by atoms with Crippen molar-refractivity contribution in [3.8, 4) is 0 Å². The van der Waals surface area contributed by atoms with Gasteiger partial charge in [-0.1, -0.05) is 6.92 Å². The lowest BCUT2D eigenvalue weighted by atomic mass is 9.96. The van der Waals surface area contributed by atoms with Crippen molar-refractivity contribution in [2.24, 2.45) is 13.0 Å². The highest BCUT2D eigenvalue weighted by Gasteiger charge is 2.23. The molecular weight excluding hydrogens is 304 g/mol. The van der Waals surface area contributed by atoms with Crippen LogP contribution >= 0.6 is 0 Å². The number of nitrogens with one attached hydrogen (secondary N) is 1. The molecule has 1 N–H and O–H groups in total. The van der Waals surface area contributed by atoms with Gasteiger partial charge in [0.1, 0.15) is 5.52 Å². The SMILES string of the molecule is CCN1CCC(CN(C)C(=O)c2cn(C)c(=O)c3[nH]ccc23)CC1.[HH]. The van der Waals surface area contributed by atoms with Crippen molar-refractivity contribution in [3.63, 3.8) is 0 Å². The summed E-state index contributed by atoms with van der Waals surface area (Å²) in [5, 5.41) is 0.704. The maximum absolute atomic E-state index is 12.9. The van der Waals surface area contributed by atoms with Crippen LogP contribution in [0.3, 0.4) is 0 Å². The third kappa shape index (κ3) is 3.11. The molecular formula is C18H28N4O2. The molecule has 24 heavy (non-hydrogen) atoms. The molecule has 1 fully saturated rings. The van der Waals surface area contributed by atoms with Crippen LogP contribution in [0.4, 0.5) is 0 Å². The van der Waals surface area contributed by atoms with Crippen LogP contribution in [-0.2, 0) is 7.05 Å². The lowest BCUT2D eigenvalue weighted by molar-refractivity contribution is 0.0743. The number of nitrogens with zero attached hydrogens (tertiary/aromatic N) is 3. The molecule has 0 unspecified atom stereocenters. The zero-order chi connectivity index (χ0) is 17.3. The van der Waals surface area contributed by atoms with Crippen LogP contribution in [-0.4, -0.2) is 58.5 Å². The minimum Gasteiger partial charge on any atom is -0.357 e. The number of piperidine rings is 1. The predicted octanol–water partition coefficient (Wildman–Crippen LogP) is 1.92. The van der Waals surface area contributed by atoms with E-state index in [1.54, 1.807) is 30.4 Å². The molecule has 1 amide bonds. The Bertz CT molecular complexity index is 790. The van der Waals surface area contributed by atoms with Crippen molar-refractivity contribution in [1.29, 1.82) is 0 Å². The first-order valence-corrected chi connectivity index (χ1v) is 8.65. The molecule has 1 saturated heterocycles. The van der Waals surface area contributed by atoms with Gasteiger partial charge in [0.2, 0.25) is 0 Å². The first kappa shape index (κ1) is 16.8. The Morgan fingerprint density at radius 1 is 1.42 bits per heavy atom. The first-order valence-electron chi connectivity index (χ1n) is 8.65. The van der Waals surface area contributed by atoms with E-state index in [1.807, 2.05) is 7.05 Å². The Morgan fingerprint density at radius 2 is 2.12 bits per heavy atom. The van der Waals surface area contributed by atoms with Gasteiger partial charge >= 0.3 is 0 Å². The predicted molar refractivity (Wildman–Crippen MR) is 97.5 cm³/mol. The highest BCUT2D eigenvalue weighted by Crippen LogP contribution is 2.20. The Hall–Kier alpha value is -2.08. The van der Waals surface area contributed by atoms with E-state index in [2.05, 4.69) is 16.8 Å². The minimum atomic E-state index is -0.110. The van der Waals surface area contributed by atoms with Gasteiger partial charge < -0.3 is 19.4 Å². The van der Waals surface area contributed by atoms with Gasteiger partial charge in [0.25, 0.3) is 11.5 Å². The average Bonchev–Trinajstić information content (AvgIpc) is 3.08. The number of carbonyl (C=O) groups is 1. The Kier molecular flexibility index (Phi) is 4.76. The number of carbonyl (C=O) groups excluding carboxylic acids is 1. The summed E-state index contributed by atoms with van der Waals surface area (Å²) in [5.41, 5.74) is 0.969. The van der Waals surface area contributed by atoms with E-state index in [-0.39, 0.29) is 12.9 Å². The fourth-order valence-corrected chi connectivity index (χ4v) is 3.60. The number of aryl methyl sites for hydroxylation is 1. The molecule has 0 atom stereocenters. The largest absolute Gasteiger partial charge is 0.357 e. The van der Waals surface area contributed by atoms with Crippen molar-refractivity contribution in [2.45, 2.75) is 19.8 Å². The molecule has 0 saturated carbocycles. The Morgan fingerprint density at radius 3 is 2.79 bits per heavy atom. The average molecular weight is 332 g/mol. The maximum Gasteiger partial charge on any atom is 0.274 e. The molecule has 0 radical (unpaired) electrons. The molecule has 2 aromatic heterocycles. The second kappa shape index (κ2) is 6.81. The van der Waals surface area contributed by atoms with Crippen LogP contribution in [0, 0.1) is 5.92 Å². The summed E-state index contributed by atoms with van der Waals surface area (Å²) in [6, 6.07) is 1.80. The van der Waals surface area contributed by atoms with Crippen LogP contribution in [0.2, 0.25) is 0 Å². The van der Waals surface area contributed by atoms with E-state index in [0.717, 1.165) is 39.0 Å². The standard InChI is InChI=1S/C18H26N4O2.H2/c1-4-22-9-6-13(7-10-22)11-20(2)17(23)15-12-21(3)18(24)16-14(15)5-8-19-16;/h5,8,12-13,19H,4,6-7,9-11H2,1-3H3;1H. The number of amides is 1. The van der Waals surface area contributed by atoms with Gasteiger partial charge in [0, 0.05) is 39.8 Å². The molecule has 3 rings (SSSR count). The van der Waals surface area contributed by atoms with E-state index in [4.69, 9.17) is 0 Å². The molecule has 0 spiro atoms. The molecule has 2 aromatic rings. The number of aromatic amines is 1. The van der Waals surface area contributed by atoms with Gasteiger partial charge in [0.05, 0.1) is 5.56 Å². The molecule has 0 aromatic carbocycles. The quantitative estimate of drug-likeness (QED) is 0.930. The van der Waals surface area contributed by atoms with Gasteiger partial charge in [-0.2, -0.15) is 0 Å². The molecule has 1 aliphatic heterocycles. The number of aromatic nitrogens is 2. The zero-order valence-corrected chi connectivity index (χ0v) is 14.7. The third-order valence-corrected chi connectivity index (χ3v) is 5.16. The second-order valence-corrected chi connectivity index (χ2v) is 6.79. The van der Waals surface area contributed by atoms with Crippen molar-refractivity contribution >= 4 is 16.8 Å². The van der Waals surface area contributed by atoms with Gasteiger partial charge in [0.15, 0.2) is 0 Å². The lowest BCUT2D eigenvalue weighted by Crippen LogP contribution is -2.39. The summed E-state index contributed by atoms with van der Waals surface area (Å²) >= 11 is 0. The van der Waals surface area contributed by atoms with E-state index in [0.29, 0.717) is 22.4 Å². The molecule has 6 nitrogen and oxygen atoms in total. The molecule has 0 bridgehead atoms. The van der Waals surface area contributed by atoms with Crippen molar-refractivity contribution < 1.29 is 6.22 Å². The zero-order valence-electron chi connectivity index (χ0n) is 14.7. The van der Waals surface area contributed by atoms with Crippen molar-refractivity contribution in [1.82, 2.24) is 19.4 Å². The van der Waals surface area contributed by atoms with Gasteiger partial charge in [-0.15, -0.1) is 0 Å². The summed E-state index contributed by atoms with van der Waals surface area (Å²) in [5.74, 6) is 0.532. The van der Waals surface area contributed by atoms with Crippen LogP contribution in [0.1, 0.15) is 31.6 Å². The van der Waals surface area contributed by atoms with Crippen LogP contribution in [0.25, 0.3) is 10.9 Å². The van der Waals surface area contributed by atoms with Crippen LogP contribution < -0.4 is 5.56 Å². The summed E-state index contributed by atoms with van der Waals surface area (Å²) in [6.07, 6.45) is 5.64. The number of hydrogen-bond acceptors (Lipinski definition) is 3. The first-order chi connectivity index (χ1) is 11.5. The monoisotopic (exact) mass is 332 g/mol. The number of rotatable bonds is 4. The Balaban J connectivity index is 0.00000225. The van der Waals surface area contributed by atoms with E-state index in [1.165, 1.54) is 4.57 Å². The molecule has 132 valence electrons. The van der Waals surface area contributed by atoms with Crippen molar-refractivity contribution in [3.05, 3.63) is 34.4 Å². The van der Waals surface area contributed by atoms with Crippen molar-refractivity contribution in [2.75, 3.05) is 33.2 Å². The topological polar surface area (TPSA) is 61.3 Å². The number of hydrogen-bond donors (Lipinski definition) is 1. The molecule has 1 aliphatic rings. The summed E-state index contributed by atoms with van der Waals surface area (Å²) in [6.45, 7) is 6.30. The number of likely N-dealkylation sites (tertiary alicyclic amines) is 1. The lowest BCUT2D eigenvalue weighted by Gasteiger charge is -2.33. The summed E-state index contributed by atoms with van der Waals surface area (Å²) in [7, 11) is 3.54. The summed E-state index contributed by atoms with van der Waals surface area (Å²) in [4.78, 5) is 32.2. The van der Waals surface area contributed by atoms with Gasteiger partial charge in [-0.05, 0) is 44.5 Å². The van der Waals surface area contributed by atoms with E-state index in [9.17, 15) is 9.59 Å². The third-order valence-electron chi connectivity index (χ3n) is 5.16. The van der Waals surface area contributed by atoms with Gasteiger partial charge in [-0.25, -0.2) is 0 Å². The fourth-order valence-electron chi connectivity index (χ4n) is 3.60. The highest BCUT2D eigenvalue weighted by molar-refractivity contribution is 6.05. The fraction of sp³-hybridized carbons (Fsp3) is 0.556. The molecule has 6 heteroatoms. The number of H-pyrrole nitrogens is 1. The van der Waals surface area contributed by atoms with E-state index >= 15 is 0 Å². The van der Waals surface area contributed by atoms with Gasteiger partial charge in [-0.3, -0.25) is 9.59 Å². The normalized spacial score (nSPS) is 16.6. The van der Waals surface area contributed by atoms with Crippen LogP contribution in [0.5, 0.6) is 0 Å². The number of pyridine rings is 1. The summed E-state index contributed by atoms with van der Waals surface area (Å²) < 4.78 is 1.47. The van der Waals surface area contributed by atoms with Crippen LogP contribution in [0.15, 0.2) is 23.3 Å². The second-order valence-electron chi connectivity index (χ2n) is 6.79. The molecule has 0 aliphatic carbocycles. The Labute approximate surface area is 143 Å². The minimum absolute atomic E-state index is 0. The highest BCUT2D eigenvalue weighted by atomic mass is 16.2. The maximum atomic E-state index is 12.9. The number of fused-ring (bicyclic) bond motifs is 1.